The van der Waals surface area contributed by atoms with E-state index in [1.165, 1.54) is 41.8 Å². The minimum absolute atomic E-state index is 0.0177. The van der Waals surface area contributed by atoms with Gasteiger partial charge in [-0.15, -0.1) is 11.3 Å². The average Bonchev–Trinajstić information content (AvgIpc) is 3.63. The van der Waals surface area contributed by atoms with Crippen LogP contribution in [0.3, 0.4) is 0 Å². The van der Waals surface area contributed by atoms with Crippen LogP contribution in [0.15, 0.2) is 60.2 Å². The van der Waals surface area contributed by atoms with Crippen LogP contribution in [0.1, 0.15) is 24.1 Å². The average molecular weight is 629 g/mol. The third-order valence-electron chi connectivity index (χ3n) is 7.42. The molecule has 0 radical (unpaired) electrons. The fourth-order valence-electron chi connectivity index (χ4n) is 5.27. The van der Waals surface area contributed by atoms with Crippen LogP contribution >= 0.6 is 11.3 Å². The first-order valence-electron chi connectivity index (χ1n) is 14.0. The summed E-state index contributed by atoms with van der Waals surface area (Å²) in [7, 11) is 0. The van der Waals surface area contributed by atoms with Gasteiger partial charge in [0.05, 0.1) is 55.1 Å². The molecule has 2 aromatic heterocycles. The zero-order valence-corrected chi connectivity index (χ0v) is 24.1. The standard InChI is InChI=1S/C30H28F4N6O3S/c31-22-5-1-2-6-24(22)43-25-8-7-23(39-26(41)12-19-17-44-29(38-19)18-9-10-36-37-13-18)28(27(25)30(32,33)34)40-11-3-4-21(40)14-35-20-15-42-16-20/h1-2,5-10,13,17,20-21,35H,3-4,11-12,14-16H2,(H,39,41)/t21-/m1/s1. The van der Waals surface area contributed by atoms with Crippen molar-refractivity contribution in [3.05, 3.63) is 77.3 Å². The van der Waals surface area contributed by atoms with Gasteiger partial charge in [-0.3, -0.25) is 4.79 Å². The van der Waals surface area contributed by atoms with Crippen LogP contribution in [0, 0.1) is 5.82 Å². The molecule has 0 unspecified atom stereocenters. The number of carbonyl (C=O) groups is 1. The number of para-hydroxylation sites is 1. The Morgan fingerprint density at radius 1 is 1.11 bits per heavy atom. The largest absolute Gasteiger partial charge is 0.454 e. The summed E-state index contributed by atoms with van der Waals surface area (Å²) in [6.07, 6.45) is -0.657. The smallest absolute Gasteiger partial charge is 0.422 e. The Morgan fingerprint density at radius 2 is 1.95 bits per heavy atom. The third kappa shape index (κ3) is 6.66. The van der Waals surface area contributed by atoms with Gasteiger partial charge in [0.2, 0.25) is 5.91 Å². The first-order valence-corrected chi connectivity index (χ1v) is 14.9. The van der Waals surface area contributed by atoms with Crippen molar-refractivity contribution < 1.29 is 31.8 Å². The molecular weight excluding hydrogens is 600 g/mol. The van der Waals surface area contributed by atoms with Crippen LogP contribution in [0.2, 0.25) is 0 Å². The normalized spacial score (nSPS) is 17.0. The Bertz CT molecular complexity index is 1620. The number of halogens is 4. The van der Waals surface area contributed by atoms with E-state index in [1.807, 2.05) is 0 Å². The van der Waals surface area contributed by atoms with E-state index in [-0.39, 0.29) is 35.6 Å². The van der Waals surface area contributed by atoms with Crippen molar-refractivity contribution in [2.75, 3.05) is 36.5 Å². The predicted octanol–water partition coefficient (Wildman–Crippen LogP) is 5.69. The Labute approximate surface area is 254 Å². The molecule has 9 nitrogen and oxygen atoms in total. The van der Waals surface area contributed by atoms with E-state index in [0.717, 1.165) is 17.7 Å². The Balaban J connectivity index is 1.33. The predicted molar refractivity (Wildman–Crippen MR) is 156 cm³/mol. The lowest BCUT2D eigenvalue weighted by atomic mass is 10.1. The molecule has 14 heteroatoms. The summed E-state index contributed by atoms with van der Waals surface area (Å²) in [5.74, 6) is -2.23. The maximum Gasteiger partial charge on any atom is 0.422 e. The highest BCUT2D eigenvalue weighted by Crippen LogP contribution is 2.49. The molecular formula is C30H28F4N6O3S. The number of benzene rings is 2. The Kier molecular flexibility index (Phi) is 8.73. The summed E-state index contributed by atoms with van der Waals surface area (Å²) in [6.45, 7) is 1.86. The van der Waals surface area contributed by atoms with Gasteiger partial charge in [0.25, 0.3) is 0 Å². The summed E-state index contributed by atoms with van der Waals surface area (Å²) >= 11 is 1.32. The summed E-state index contributed by atoms with van der Waals surface area (Å²) < 4.78 is 70.0. The van der Waals surface area contributed by atoms with E-state index in [2.05, 4.69) is 25.8 Å². The van der Waals surface area contributed by atoms with Crippen molar-refractivity contribution in [1.82, 2.24) is 20.5 Å². The molecule has 0 spiro atoms. The zero-order chi connectivity index (χ0) is 30.7. The first kappa shape index (κ1) is 29.9. The van der Waals surface area contributed by atoms with E-state index in [9.17, 15) is 22.4 Å². The number of alkyl halides is 3. The summed E-state index contributed by atoms with van der Waals surface area (Å²) in [5.41, 5.74) is -0.117. The fourth-order valence-corrected chi connectivity index (χ4v) is 6.08. The Hall–Kier alpha value is -4.14. The van der Waals surface area contributed by atoms with Gasteiger partial charge in [0.15, 0.2) is 11.6 Å². The van der Waals surface area contributed by atoms with Crippen molar-refractivity contribution in [1.29, 1.82) is 0 Å². The van der Waals surface area contributed by atoms with Gasteiger partial charge in [0.1, 0.15) is 16.3 Å². The minimum Gasteiger partial charge on any atom is -0.454 e. The van der Waals surface area contributed by atoms with Crippen LogP contribution in [0.25, 0.3) is 10.6 Å². The van der Waals surface area contributed by atoms with Crippen molar-refractivity contribution >= 4 is 28.6 Å². The van der Waals surface area contributed by atoms with Crippen molar-refractivity contribution in [3.63, 3.8) is 0 Å². The third-order valence-corrected chi connectivity index (χ3v) is 8.36. The number of hydrogen-bond donors (Lipinski definition) is 2. The number of ether oxygens (including phenoxy) is 2. The second kappa shape index (κ2) is 12.8. The number of anilines is 2. The molecule has 0 aliphatic carbocycles. The second-order valence-corrected chi connectivity index (χ2v) is 11.4. The maximum atomic E-state index is 14.9. The van der Waals surface area contributed by atoms with E-state index >= 15 is 0 Å². The highest BCUT2D eigenvalue weighted by atomic mass is 32.1. The topological polar surface area (TPSA) is 102 Å². The van der Waals surface area contributed by atoms with Gasteiger partial charge < -0.3 is 25.0 Å². The number of carbonyl (C=O) groups excluding carboxylic acids is 1. The first-order chi connectivity index (χ1) is 21.3. The molecule has 2 saturated heterocycles. The number of rotatable bonds is 10. The molecule has 4 heterocycles. The SMILES string of the molecule is O=C(Cc1csc(-c2ccnnc2)n1)Nc1ccc(Oc2ccccc2F)c(C(F)(F)F)c1N1CCC[C@@H]1CNC1COC1. The van der Waals surface area contributed by atoms with E-state index in [0.29, 0.717) is 49.8 Å². The molecule has 2 N–H and O–H groups in total. The van der Waals surface area contributed by atoms with E-state index < -0.39 is 29.2 Å². The summed E-state index contributed by atoms with van der Waals surface area (Å²) in [4.78, 5) is 19.4. The molecule has 4 aromatic rings. The van der Waals surface area contributed by atoms with Gasteiger partial charge in [-0.25, -0.2) is 9.37 Å². The van der Waals surface area contributed by atoms with Gasteiger partial charge in [-0.05, 0) is 43.2 Å². The van der Waals surface area contributed by atoms with Crippen LogP contribution in [-0.2, 0) is 22.1 Å². The number of nitrogens with one attached hydrogen (secondary N) is 2. The van der Waals surface area contributed by atoms with Crippen molar-refractivity contribution in [3.8, 4) is 22.1 Å². The molecule has 2 fully saturated rings. The number of nitrogens with zero attached hydrogens (tertiary/aromatic N) is 4. The molecule has 230 valence electrons. The lowest BCUT2D eigenvalue weighted by Gasteiger charge is -2.34. The van der Waals surface area contributed by atoms with Crippen LogP contribution in [-0.4, -0.2) is 59.5 Å². The number of aromatic nitrogens is 3. The van der Waals surface area contributed by atoms with E-state index in [1.54, 1.807) is 22.5 Å². The van der Waals surface area contributed by atoms with Crippen LogP contribution < -0.4 is 20.3 Å². The number of amides is 1. The van der Waals surface area contributed by atoms with Gasteiger partial charge in [-0.2, -0.15) is 23.4 Å². The van der Waals surface area contributed by atoms with Crippen LogP contribution in [0.4, 0.5) is 28.9 Å². The molecule has 1 atom stereocenters. The molecule has 0 bridgehead atoms. The molecule has 2 aromatic carbocycles. The zero-order valence-electron chi connectivity index (χ0n) is 23.3. The molecule has 0 saturated carbocycles. The van der Waals surface area contributed by atoms with Crippen molar-refractivity contribution in [2.24, 2.45) is 0 Å². The highest BCUT2D eigenvalue weighted by Gasteiger charge is 2.43. The monoisotopic (exact) mass is 628 g/mol. The maximum absolute atomic E-state index is 14.9. The van der Waals surface area contributed by atoms with Gasteiger partial charge >= 0.3 is 6.18 Å². The number of thiazole rings is 1. The van der Waals surface area contributed by atoms with Crippen molar-refractivity contribution in [2.45, 2.75) is 37.5 Å². The minimum atomic E-state index is -4.89. The quantitative estimate of drug-likeness (QED) is 0.216. The second-order valence-electron chi connectivity index (χ2n) is 10.5. The van der Waals surface area contributed by atoms with E-state index in [4.69, 9.17) is 9.47 Å². The fraction of sp³-hybridized carbons (Fsp3) is 0.333. The molecule has 2 aliphatic heterocycles. The molecule has 44 heavy (non-hydrogen) atoms. The lowest BCUT2D eigenvalue weighted by molar-refractivity contribution is -0.138. The van der Waals surface area contributed by atoms with Gasteiger partial charge in [-0.1, -0.05) is 12.1 Å². The molecule has 2 aliphatic rings. The highest BCUT2D eigenvalue weighted by molar-refractivity contribution is 7.13. The Morgan fingerprint density at radius 3 is 2.68 bits per heavy atom. The lowest BCUT2D eigenvalue weighted by Crippen LogP contribution is -2.50. The molecule has 6 rings (SSSR count). The molecule has 1 amide bonds. The summed E-state index contributed by atoms with van der Waals surface area (Å²) in [5, 5.41) is 16.0. The summed E-state index contributed by atoms with van der Waals surface area (Å²) in [6, 6.07) is 9.35. The van der Waals surface area contributed by atoms with Crippen LogP contribution in [0.5, 0.6) is 11.5 Å². The van der Waals surface area contributed by atoms with Gasteiger partial charge in [0, 0.05) is 30.1 Å². The number of hydrogen-bond acceptors (Lipinski definition) is 9.